The van der Waals surface area contributed by atoms with Crippen LogP contribution < -0.4 is 0 Å². The van der Waals surface area contributed by atoms with Crippen LogP contribution in [0.1, 0.15) is 24.8 Å². The van der Waals surface area contributed by atoms with Crippen LogP contribution in [0.2, 0.25) is 0 Å². The zero-order chi connectivity index (χ0) is 13.5. The van der Waals surface area contributed by atoms with Gasteiger partial charge in [-0.3, -0.25) is 4.90 Å². The quantitative estimate of drug-likeness (QED) is 0.765. The molecule has 0 spiro atoms. The summed E-state index contributed by atoms with van der Waals surface area (Å²) >= 11 is 1.78. The molecule has 1 aliphatic rings. The van der Waals surface area contributed by atoms with Gasteiger partial charge in [-0.1, -0.05) is 6.42 Å². The summed E-state index contributed by atoms with van der Waals surface area (Å²) in [5, 5.41) is 4.42. The van der Waals surface area contributed by atoms with Crippen LogP contribution in [0, 0.1) is 0 Å². The van der Waals surface area contributed by atoms with E-state index in [-0.39, 0.29) is 0 Å². The van der Waals surface area contributed by atoms with Crippen molar-refractivity contribution in [2.45, 2.75) is 31.8 Å². The molecule has 0 radical (unpaired) electrons. The smallest absolute Gasteiger partial charge is 0.0589 e. The molecule has 1 aliphatic heterocycles. The summed E-state index contributed by atoms with van der Waals surface area (Å²) in [5.74, 6) is 0. The van der Waals surface area contributed by atoms with Gasteiger partial charge in [0, 0.05) is 32.8 Å². The molecule has 1 aromatic rings. The predicted octanol–water partition coefficient (Wildman–Crippen LogP) is 2.68. The van der Waals surface area contributed by atoms with Gasteiger partial charge in [0.2, 0.25) is 0 Å². The van der Waals surface area contributed by atoms with Gasteiger partial charge in [0.25, 0.3) is 0 Å². The van der Waals surface area contributed by atoms with Gasteiger partial charge >= 0.3 is 0 Å². The van der Waals surface area contributed by atoms with Crippen LogP contribution in [0.4, 0.5) is 0 Å². The summed E-state index contributed by atoms with van der Waals surface area (Å²) in [6.45, 7) is 5.31. The maximum absolute atomic E-state index is 5.25. The van der Waals surface area contributed by atoms with Crippen molar-refractivity contribution in [1.82, 2.24) is 9.80 Å². The first kappa shape index (κ1) is 15.0. The molecule has 2 heterocycles. The summed E-state index contributed by atoms with van der Waals surface area (Å²) in [6, 6.07) is 2.94. The van der Waals surface area contributed by atoms with E-state index >= 15 is 0 Å². The molecule has 0 bridgehead atoms. The molecule has 0 amide bonds. The van der Waals surface area contributed by atoms with Crippen molar-refractivity contribution in [2.75, 3.05) is 40.4 Å². The Morgan fingerprint density at radius 1 is 1.47 bits per heavy atom. The standard InChI is InChI=1S/C15H26N2OS/c1-16-7-4-3-5-15(16)12-17(8-9-18-2)11-14-6-10-19-13-14/h6,10,13,15H,3-5,7-9,11-12H2,1-2H3/t15-/m1/s1. The van der Waals surface area contributed by atoms with Crippen molar-refractivity contribution >= 4 is 11.3 Å². The monoisotopic (exact) mass is 282 g/mol. The summed E-state index contributed by atoms with van der Waals surface area (Å²) in [4.78, 5) is 5.06. The number of hydrogen-bond donors (Lipinski definition) is 0. The Bertz CT molecular complexity index is 342. The van der Waals surface area contributed by atoms with Crippen molar-refractivity contribution in [2.24, 2.45) is 0 Å². The third kappa shape index (κ3) is 4.88. The molecule has 3 nitrogen and oxygen atoms in total. The third-order valence-corrected chi connectivity index (χ3v) is 4.72. The second-order valence-corrected chi connectivity index (χ2v) is 6.27. The highest BCUT2D eigenvalue weighted by Gasteiger charge is 2.21. The molecule has 0 saturated carbocycles. The van der Waals surface area contributed by atoms with Crippen LogP contribution in [-0.2, 0) is 11.3 Å². The topological polar surface area (TPSA) is 15.7 Å². The van der Waals surface area contributed by atoms with Gasteiger partial charge in [0.15, 0.2) is 0 Å². The molecule has 0 unspecified atom stereocenters. The number of ether oxygens (including phenoxy) is 1. The third-order valence-electron chi connectivity index (χ3n) is 3.99. The number of nitrogens with zero attached hydrogens (tertiary/aromatic N) is 2. The van der Waals surface area contributed by atoms with E-state index in [0.29, 0.717) is 6.04 Å². The number of methoxy groups -OCH3 is 1. The number of thiophene rings is 1. The first-order chi connectivity index (χ1) is 9.29. The highest BCUT2D eigenvalue weighted by atomic mass is 32.1. The minimum absolute atomic E-state index is 0.712. The van der Waals surface area contributed by atoms with E-state index < -0.39 is 0 Å². The minimum atomic E-state index is 0.712. The first-order valence-electron chi connectivity index (χ1n) is 7.22. The SMILES string of the molecule is COCCN(Cc1ccsc1)C[C@H]1CCCCN1C. The highest BCUT2D eigenvalue weighted by molar-refractivity contribution is 7.07. The lowest BCUT2D eigenvalue weighted by atomic mass is 10.0. The molecule has 0 N–H and O–H groups in total. The number of hydrogen-bond acceptors (Lipinski definition) is 4. The van der Waals surface area contributed by atoms with Gasteiger partial charge in [0.05, 0.1) is 6.61 Å². The fraction of sp³-hybridized carbons (Fsp3) is 0.733. The van der Waals surface area contributed by atoms with Gasteiger partial charge < -0.3 is 9.64 Å². The molecule has 0 aliphatic carbocycles. The van der Waals surface area contributed by atoms with Crippen molar-refractivity contribution < 1.29 is 4.74 Å². The van der Waals surface area contributed by atoms with Crippen molar-refractivity contribution in [3.63, 3.8) is 0 Å². The molecule has 0 aromatic carbocycles. The largest absolute Gasteiger partial charge is 0.383 e. The number of likely N-dealkylation sites (tertiary alicyclic amines) is 1. The van der Waals surface area contributed by atoms with Crippen LogP contribution in [0.5, 0.6) is 0 Å². The molecular weight excluding hydrogens is 256 g/mol. The maximum atomic E-state index is 5.25. The van der Waals surface area contributed by atoms with E-state index in [0.717, 1.165) is 26.2 Å². The van der Waals surface area contributed by atoms with E-state index in [4.69, 9.17) is 4.74 Å². The number of likely N-dealkylation sites (N-methyl/N-ethyl adjacent to an activating group) is 1. The van der Waals surface area contributed by atoms with Crippen LogP contribution >= 0.6 is 11.3 Å². The molecule has 1 aromatic heterocycles. The van der Waals surface area contributed by atoms with Gasteiger partial charge in [0.1, 0.15) is 0 Å². The molecular formula is C15H26N2OS. The van der Waals surface area contributed by atoms with Gasteiger partial charge in [-0.2, -0.15) is 11.3 Å². The zero-order valence-electron chi connectivity index (χ0n) is 12.2. The van der Waals surface area contributed by atoms with Crippen molar-refractivity contribution in [3.8, 4) is 0 Å². The fourth-order valence-corrected chi connectivity index (χ4v) is 3.43. The second-order valence-electron chi connectivity index (χ2n) is 5.49. The lowest BCUT2D eigenvalue weighted by molar-refractivity contribution is 0.0972. The Balaban J connectivity index is 1.88. The predicted molar refractivity (Wildman–Crippen MR) is 81.7 cm³/mol. The Morgan fingerprint density at radius 3 is 3.05 bits per heavy atom. The Kier molecular flexibility index (Phi) is 6.31. The molecule has 19 heavy (non-hydrogen) atoms. The van der Waals surface area contributed by atoms with E-state index in [2.05, 4.69) is 33.7 Å². The molecule has 108 valence electrons. The van der Waals surface area contributed by atoms with Crippen molar-refractivity contribution in [1.29, 1.82) is 0 Å². The Labute approximate surface area is 121 Å². The molecule has 4 heteroatoms. The van der Waals surface area contributed by atoms with Gasteiger partial charge in [-0.15, -0.1) is 0 Å². The molecule has 1 fully saturated rings. The van der Waals surface area contributed by atoms with Crippen LogP contribution in [0.3, 0.4) is 0 Å². The van der Waals surface area contributed by atoms with Crippen LogP contribution in [0.25, 0.3) is 0 Å². The van der Waals surface area contributed by atoms with E-state index in [1.165, 1.54) is 31.4 Å². The van der Waals surface area contributed by atoms with E-state index in [1.54, 1.807) is 18.4 Å². The average molecular weight is 282 g/mol. The van der Waals surface area contributed by atoms with E-state index in [1.807, 2.05) is 0 Å². The lowest BCUT2D eigenvalue weighted by Gasteiger charge is -2.36. The highest BCUT2D eigenvalue weighted by Crippen LogP contribution is 2.17. The normalized spacial score (nSPS) is 21.1. The summed E-state index contributed by atoms with van der Waals surface area (Å²) < 4.78 is 5.25. The van der Waals surface area contributed by atoms with Crippen LogP contribution in [0.15, 0.2) is 16.8 Å². The van der Waals surface area contributed by atoms with Crippen LogP contribution in [-0.4, -0.2) is 56.2 Å². The number of piperidine rings is 1. The summed E-state index contributed by atoms with van der Waals surface area (Å²) in [5.41, 5.74) is 1.43. The molecule has 1 saturated heterocycles. The number of rotatable bonds is 7. The maximum Gasteiger partial charge on any atom is 0.0589 e. The second kappa shape index (κ2) is 8.00. The zero-order valence-corrected chi connectivity index (χ0v) is 13.0. The van der Waals surface area contributed by atoms with Gasteiger partial charge in [-0.25, -0.2) is 0 Å². The Hall–Kier alpha value is -0.420. The van der Waals surface area contributed by atoms with Crippen molar-refractivity contribution in [3.05, 3.63) is 22.4 Å². The molecule has 1 atom stereocenters. The fourth-order valence-electron chi connectivity index (χ4n) is 2.77. The summed E-state index contributed by atoms with van der Waals surface area (Å²) in [6.07, 6.45) is 4.07. The minimum Gasteiger partial charge on any atom is -0.383 e. The van der Waals surface area contributed by atoms with Gasteiger partial charge in [-0.05, 0) is 48.8 Å². The Morgan fingerprint density at radius 2 is 2.37 bits per heavy atom. The lowest BCUT2D eigenvalue weighted by Crippen LogP contribution is -2.45. The summed E-state index contributed by atoms with van der Waals surface area (Å²) in [7, 11) is 4.05. The van der Waals surface area contributed by atoms with E-state index in [9.17, 15) is 0 Å². The average Bonchev–Trinajstić information content (AvgIpc) is 2.91. The first-order valence-corrected chi connectivity index (χ1v) is 8.16. The molecule has 2 rings (SSSR count).